The Labute approximate surface area is 131 Å². The van der Waals surface area contributed by atoms with Gasteiger partial charge < -0.3 is 10.4 Å². The first-order valence-electron chi connectivity index (χ1n) is 6.93. The minimum atomic E-state index is -4.51. The van der Waals surface area contributed by atoms with Crippen molar-refractivity contribution in [2.75, 3.05) is 6.54 Å². The van der Waals surface area contributed by atoms with Crippen molar-refractivity contribution < 1.29 is 23.1 Å². The minimum Gasteiger partial charge on any atom is -0.384 e. The average Bonchev–Trinajstić information content (AvgIpc) is 2.53. The highest BCUT2D eigenvalue weighted by atomic mass is 19.4. The number of carbonyl (C=O) groups excluding carboxylic acids is 1. The molecular weight excluding hydrogens is 307 g/mol. The molecule has 0 aliphatic heterocycles. The van der Waals surface area contributed by atoms with Crippen LogP contribution in [0, 0.1) is 0 Å². The molecule has 1 atom stereocenters. The lowest BCUT2D eigenvalue weighted by molar-refractivity contribution is -0.137. The molecule has 2 rings (SSSR count). The summed E-state index contributed by atoms with van der Waals surface area (Å²) in [4.78, 5) is 12.0. The molecule has 122 valence electrons. The highest BCUT2D eigenvalue weighted by Crippen LogP contribution is 2.29. The van der Waals surface area contributed by atoms with E-state index in [-0.39, 0.29) is 12.1 Å². The van der Waals surface area contributed by atoms with Crippen LogP contribution in [-0.2, 0) is 11.8 Å². The lowest BCUT2D eigenvalue weighted by Gasteiger charge is -2.24. The smallest absolute Gasteiger partial charge is 0.384 e. The third kappa shape index (κ3) is 4.32. The van der Waals surface area contributed by atoms with E-state index in [9.17, 15) is 23.1 Å². The molecule has 0 aliphatic rings. The van der Waals surface area contributed by atoms with Gasteiger partial charge in [-0.15, -0.1) is 0 Å². The Hall–Kier alpha value is -2.34. The van der Waals surface area contributed by atoms with Crippen molar-refractivity contribution in [1.82, 2.24) is 5.32 Å². The van der Waals surface area contributed by atoms with E-state index in [1.54, 1.807) is 30.3 Å². The maximum Gasteiger partial charge on any atom is 0.416 e. The van der Waals surface area contributed by atoms with Crippen molar-refractivity contribution in [3.8, 4) is 0 Å². The molecule has 0 heterocycles. The fourth-order valence-corrected chi connectivity index (χ4v) is 2.09. The van der Waals surface area contributed by atoms with Gasteiger partial charge in [0.25, 0.3) is 5.91 Å². The van der Waals surface area contributed by atoms with Gasteiger partial charge in [-0.3, -0.25) is 4.79 Å². The first-order valence-corrected chi connectivity index (χ1v) is 6.93. The summed E-state index contributed by atoms with van der Waals surface area (Å²) in [5, 5.41) is 12.8. The highest BCUT2D eigenvalue weighted by Gasteiger charge is 2.31. The lowest BCUT2D eigenvalue weighted by atomic mass is 9.96. The highest BCUT2D eigenvalue weighted by molar-refractivity contribution is 5.94. The van der Waals surface area contributed by atoms with Crippen molar-refractivity contribution in [3.63, 3.8) is 0 Å². The Balaban J connectivity index is 2.08. The van der Waals surface area contributed by atoms with Gasteiger partial charge in [0.05, 0.1) is 12.1 Å². The zero-order valence-electron chi connectivity index (χ0n) is 12.4. The summed E-state index contributed by atoms with van der Waals surface area (Å²) in [6.07, 6.45) is -4.51. The van der Waals surface area contributed by atoms with Crippen LogP contribution in [0.3, 0.4) is 0 Å². The van der Waals surface area contributed by atoms with Gasteiger partial charge in [0.1, 0.15) is 5.60 Å². The average molecular weight is 323 g/mol. The molecule has 6 heteroatoms. The summed E-state index contributed by atoms with van der Waals surface area (Å²) in [6.45, 7) is 1.40. The molecule has 0 saturated carbocycles. The number of rotatable bonds is 4. The molecule has 1 amide bonds. The molecule has 0 fully saturated rings. The zero-order valence-corrected chi connectivity index (χ0v) is 12.4. The van der Waals surface area contributed by atoms with Crippen LogP contribution in [0.1, 0.15) is 28.4 Å². The standard InChI is InChI=1S/C17H16F3NO2/c1-16(23,13-7-3-2-4-8-13)11-21-15(22)12-6-5-9-14(10-12)17(18,19)20/h2-10,23H,11H2,1H3,(H,21,22)/t16-/m0/s1. The third-order valence-electron chi connectivity index (χ3n) is 3.44. The van der Waals surface area contributed by atoms with Crippen LogP contribution >= 0.6 is 0 Å². The number of amides is 1. The van der Waals surface area contributed by atoms with Gasteiger partial charge in [0.15, 0.2) is 0 Å². The first-order chi connectivity index (χ1) is 10.7. The number of aliphatic hydroxyl groups is 1. The predicted molar refractivity (Wildman–Crippen MR) is 79.8 cm³/mol. The van der Waals surface area contributed by atoms with Crippen LogP contribution in [-0.4, -0.2) is 17.6 Å². The summed E-state index contributed by atoms with van der Waals surface area (Å²) in [6, 6.07) is 12.9. The van der Waals surface area contributed by atoms with E-state index in [0.29, 0.717) is 5.56 Å². The van der Waals surface area contributed by atoms with Crippen LogP contribution in [0.2, 0.25) is 0 Å². The topological polar surface area (TPSA) is 49.3 Å². The van der Waals surface area contributed by atoms with Gasteiger partial charge in [-0.1, -0.05) is 36.4 Å². The van der Waals surface area contributed by atoms with Gasteiger partial charge in [0, 0.05) is 5.56 Å². The minimum absolute atomic E-state index is 0.108. The molecule has 0 saturated heterocycles. The zero-order chi connectivity index (χ0) is 17.1. The number of halogens is 3. The molecule has 2 N–H and O–H groups in total. The molecule has 2 aromatic rings. The molecule has 23 heavy (non-hydrogen) atoms. The van der Waals surface area contributed by atoms with Crippen LogP contribution in [0.15, 0.2) is 54.6 Å². The maximum absolute atomic E-state index is 12.7. The van der Waals surface area contributed by atoms with Gasteiger partial charge >= 0.3 is 6.18 Å². The summed E-state index contributed by atoms with van der Waals surface area (Å²) in [5.74, 6) is -0.674. The Kier molecular flexibility index (Phi) is 4.75. The first kappa shape index (κ1) is 17.0. The predicted octanol–water partition coefficient (Wildman–Crippen LogP) is 3.34. The summed E-state index contributed by atoms with van der Waals surface area (Å²) >= 11 is 0. The monoisotopic (exact) mass is 323 g/mol. The van der Waals surface area contributed by atoms with Crippen molar-refractivity contribution in [2.45, 2.75) is 18.7 Å². The Morgan fingerprint density at radius 3 is 2.26 bits per heavy atom. The van der Waals surface area contributed by atoms with Gasteiger partial charge in [-0.2, -0.15) is 13.2 Å². The van der Waals surface area contributed by atoms with E-state index in [4.69, 9.17) is 0 Å². The second-order valence-corrected chi connectivity index (χ2v) is 5.40. The van der Waals surface area contributed by atoms with Crippen LogP contribution in [0.4, 0.5) is 13.2 Å². The molecule has 2 aromatic carbocycles. The third-order valence-corrected chi connectivity index (χ3v) is 3.44. The SMILES string of the molecule is C[C@](O)(CNC(=O)c1cccc(C(F)(F)F)c1)c1ccccc1. The number of benzene rings is 2. The molecule has 0 aromatic heterocycles. The Bertz CT molecular complexity index is 682. The van der Waals surface area contributed by atoms with Crippen LogP contribution in [0.25, 0.3) is 0 Å². The fourth-order valence-electron chi connectivity index (χ4n) is 2.09. The molecule has 3 nitrogen and oxygen atoms in total. The number of carbonyl (C=O) groups is 1. The van der Waals surface area contributed by atoms with Crippen molar-refractivity contribution in [1.29, 1.82) is 0 Å². The van der Waals surface area contributed by atoms with E-state index < -0.39 is 23.2 Å². The normalized spacial score (nSPS) is 14.1. The molecule has 0 radical (unpaired) electrons. The molecule has 0 aliphatic carbocycles. The van der Waals surface area contributed by atoms with Crippen LogP contribution in [0.5, 0.6) is 0 Å². The quantitative estimate of drug-likeness (QED) is 0.906. The van der Waals surface area contributed by atoms with E-state index >= 15 is 0 Å². The van der Waals surface area contributed by atoms with Gasteiger partial charge in [-0.25, -0.2) is 0 Å². The lowest BCUT2D eigenvalue weighted by Crippen LogP contribution is -2.38. The van der Waals surface area contributed by atoms with Crippen molar-refractivity contribution >= 4 is 5.91 Å². The largest absolute Gasteiger partial charge is 0.416 e. The van der Waals surface area contributed by atoms with Gasteiger partial charge in [0.2, 0.25) is 0 Å². The second-order valence-electron chi connectivity index (χ2n) is 5.40. The van der Waals surface area contributed by atoms with Gasteiger partial charge in [-0.05, 0) is 30.7 Å². The van der Waals surface area contributed by atoms with E-state index in [0.717, 1.165) is 12.1 Å². The van der Waals surface area contributed by atoms with Crippen LogP contribution < -0.4 is 5.32 Å². The fraction of sp³-hybridized carbons (Fsp3) is 0.235. The summed E-state index contributed by atoms with van der Waals surface area (Å²) in [5.41, 5.74) is -1.72. The number of nitrogens with one attached hydrogen (secondary N) is 1. The molecule has 0 spiro atoms. The van der Waals surface area contributed by atoms with Crippen molar-refractivity contribution in [3.05, 3.63) is 71.3 Å². The summed E-state index contributed by atoms with van der Waals surface area (Å²) < 4.78 is 38.0. The Morgan fingerprint density at radius 1 is 1.04 bits per heavy atom. The van der Waals surface area contributed by atoms with E-state index in [2.05, 4.69) is 5.32 Å². The number of alkyl halides is 3. The maximum atomic E-state index is 12.7. The number of hydrogen-bond acceptors (Lipinski definition) is 2. The molecule has 0 bridgehead atoms. The Morgan fingerprint density at radius 2 is 1.65 bits per heavy atom. The number of hydrogen-bond donors (Lipinski definition) is 2. The van der Waals surface area contributed by atoms with E-state index in [1.165, 1.54) is 19.1 Å². The molecular formula is C17H16F3NO2. The van der Waals surface area contributed by atoms with Crippen molar-refractivity contribution in [2.24, 2.45) is 0 Å². The summed E-state index contributed by atoms with van der Waals surface area (Å²) in [7, 11) is 0. The van der Waals surface area contributed by atoms with E-state index in [1.807, 2.05) is 0 Å². The molecule has 0 unspecified atom stereocenters. The second kappa shape index (κ2) is 6.42.